The van der Waals surface area contributed by atoms with Crippen LogP contribution in [0.2, 0.25) is 0 Å². The number of nitrogens with zero attached hydrogens (tertiary/aromatic N) is 4. The van der Waals surface area contributed by atoms with E-state index in [1.165, 1.54) is 4.90 Å². The van der Waals surface area contributed by atoms with E-state index in [4.69, 9.17) is 9.47 Å². The molecule has 2 aromatic carbocycles. The molecule has 3 aliphatic rings. The van der Waals surface area contributed by atoms with Gasteiger partial charge in [0.2, 0.25) is 0 Å². The number of aldehydes is 1. The zero-order chi connectivity index (χ0) is 35.2. The van der Waals surface area contributed by atoms with E-state index in [0.29, 0.717) is 53.9 Å². The number of likely N-dealkylation sites (N-methyl/N-ethyl adjacent to an activating group) is 2. The van der Waals surface area contributed by atoms with Gasteiger partial charge in [-0.25, -0.2) is 14.3 Å². The van der Waals surface area contributed by atoms with Gasteiger partial charge in [-0.05, 0) is 70.3 Å². The van der Waals surface area contributed by atoms with Crippen molar-refractivity contribution in [1.29, 1.82) is 0 Å². The number of amides is 2. The monoisotopic (exact) mass is 665 g/mol. The third-order valence-corrected chi connectivity index (χ3v) is 8.90. The summed E-state index contributed by atoms with van der Waals surface area (Å²) in [6.07, 6.45) is 3.71. The summed E-state index contributed by atoms with van der Waals surface area (Å²) in [7, 11) is 3.63. The highest BCUT2D eigenvalue weighted by Crippen LogP contribution is 2.37. The lowest BCUT2D eigenvalue weighted by molar-refractivity contribution is -0.122. The third-order valence-electron chi connectivity index (χ3n) is 8.90. The van der Waals surface area contributed by atoms with Crippen LogP contribution >= 0.6 is 0 Å². The van der Waals surface area contributed by atoms with Gasteiger partial charge in [-0.15, -0.1) is 0 Å². The molecule has 1 N–H and O–H groups in total. The van der Waals surface area contributed by atoms with Gasteiger partial charge in [0.15, 0.2) is 0 Å². The molecule has 1 saturated carbocycles. The van der Waals surface area contributed by atoms with E-state index >= 15 is 4.39 Å². The van der Waals surface area contributed by atoms with E-state index in [9.17, 15) is 19.2 Å². The van der Waals surface area contributed by atoms with Crippen LogP contribution in [0, 0.1) is 5.82 Å². The van der Waals surface area contributed by atoms with Crippen LogP contribution in [0.5, 0.6) is 5.75 Å². The number of fused-ring (bicyclic) bond motifs is 2. The Morgan fingerprint density at radius 3 is 2.35 bits per heavy atom. The molecule has 260 valence electrons. The average molecular weight is 666 g/mol. The molecular weight excluding hydrogens is 617 g/mol. The van der Waals surface area contributed by atoms with E-state index in [-0.39, 0.29) is 23.5 Å². The standard InChI is InChI=1S/C23H23FN4O3.C11H19NO3.C2H6/c1-27-7-9-28(10-8-27)23(30)19-20(24)15(12-14-6-11-31-21(14)19)13-18-16-4-2-3-5-17(16)22(29)26-25-18;1-10(2,3)15-9(14)12(4)11(8-13)6-5-7-11;1-2/h2-5,12H,6-11,13H2,1H3,(H,26,29);8H,5-7H2,1-4H3;1-2H3. The molecule has 0 atom stereocenters. The van der Waals surface area contributed by atoms with E-state index in [1.807, 2.05) is 47.7 Å². The average Bonchev–Trinajstić information content (AvgIpc) is 3.51. The molecule has 48 heavy (non-hydrogen) atoms. The Balaban J connectivity index is 0.000000259. The molecule has 0 spiro atoms. The van der Waals surface area contributed by atoms with E-state index in [2.05, 4.69) is 15.1 Å². The first-order chi connectivity index (χ1) is 22.8. The number of hydrogen-bond acceptors (Lipinski definition) is 8. The lowest BCUT2D eigenvalue weighted by atomic mass is 9.77. The minimum atomic E-state index is -0.609. The van der Waals surface area contributed by atoms with Crippen LogP contribution < -0.4 is 10.3 Å². The summed E-state index contributed by atoms with van der Waals surface area (Å²) >= 11 is 0. The molecule has 2 aliphatic heterocycles. The van der Waals surface area contributed by atoms with Crippen molar-refractivity contribution < 1.29 is 28.2 Å². The van der Waals surface area contributed by atoms with E-state index < -0.39 is 23.1 Å². The Bertz CT molecular complexity index is 1690. The SMILES string of the molecule is CC.CN(C(=O)OC(C)(C)C)C1(C=O)CCC1.CN1CCN(C(=O)c2c(F)c(Cc3n[nH]c(=O)c4ccccc34)cc3c2OCC3)CC1. The molecule has 0 radical (unpaired) electrons. The quantitative estimate of drug-likeness (QED) is 0.379. The van der Waals surface area contributed by atoms with Gasteiger partial charge in [-0.1, -0.05) is 32.0 Å². The molecule has 1 aliphatic carbocycles. The van der Waals surface area contributed by atoms with Crippen molar-refractivity contribution in [3.05, 3.63) is 68.9 Å². The van der Waals surface area contributed by atoms with Crippen molar-refractivity contribution >= 4 is 29.1 Å². The van der Waals surface area contributed by atoms with Crippen molar-refractivity contribution in [1.82, 2.24) is 24.9 Å². The zero-order valence-corrected chi connectivity index (χ0v) is 29.2. The fourth-order valence-corrected chi connectivity index (χ4v) is 5.93. The summed E-state index contributed by atoms with van der Waals surface area (Å²) in [6.45, 7) is 12.5. The Kier molecular flexibility index (Phi) is 11.6. The molecule has 11 nitrogen and oxygen atoms in total. The number of nitrogens with one attached hydrogen (secondary N) is 1. The summed E-state index contributed by atoms with van der Waals surface area (Å²) in [5.74, 6) is -0.531. The number of aromatic nitrogens is 2. The van der Waals surface area contributed by atoms with Crippen LogP contribution in [0.15, 0.2) is 35.1 Å². The molecule has 6 rings (SSSR count). The molecule has 0 unspecified atom stereocenters. The van der Waals surface area contributed by atoms with Gasteiger partial charge in [0.1, 0.15) is 34.6 Å². The molecule has 12 heteroatoms. The summed E-state index contributed by atoms with van der Waals surface area (Å²) in [4.78, 5) is 53.3. The molecule has 2 amide bonds. The first-order valence-corrected chi connectivity index (χ1v) is 16.7. The maximum atomic E-state index is 15.7. The molecule has 0 bridgehead atoms. The first kappa shape index (κ1) is 36.5. The van der Waals surface area contributed by atoms with Gasteiger partial charge in [0.05, 0.1) is 17.7 Å². The van der Waals surface area contributed by atoms with Gasteiger partial charge in [0.25, 0.3) is 11.5 Å². The van der Waals surface area contributed by atoms with Gasteiger partial charge >= 0.3 is 6.09 Å². The third kappa shape index (κ3) is 7.86. The number of ether oxygens (including phenoxy) is 2. The molecule has 2 fully saturated rings. The summed E-state index contributed by atoms with van der Waals surface area (Å²) in [5.41, 5.74) is 0.387. The van der Waals surface area contributed by atoms with Crippen LogP contribution in [0.1, 0.15) is 81.1 Å². The lowest BCUT2D eigenvalue weighted by Crippen LogP contribution is -2.56. The van der Waals surface area contributed by atoms with Crippen molar-refractivity contribution in [2.24, 2.45) is 0 Å². The maximum absolute atomic E-state index is 15.7. The number of carbonyl (C=O) groups excluding carboxylic acids is 3. The fourth-order valence-electron chi connectivity index (χ4n) is 5.93. The molecule has 3 aromatic rings. The number of carbonyl (C=O) groups is 3. The minimum absolute atomic E-state index is 0.0169. The Morgan fingerprint density at radius 2 is 1.77 bits per heavy atom. The minimum Gasteiger partial charge on any atom is -0.492 e. The van der Waals surface area contributed by atoms with Gasteiger partial charge in [-0.3, -0.25) is 14.5 Å². The van der Waals surface area contributed by atoms with Gasteiger partial charge in [0, 0.05) is 51.5 Å². The number of aromatic amines is 1. The van der Waals surface area contributed by atoms with Crippen molar-refractivity contribution in [2.75, 3.05) is 46.9 Å². The Labute approximate surface area is 281 Å². The highest BCUT2D eigenvalue weighted by molar-refractivity contribution is 5.98. The van der Waals surface area contributed by atoms with Crippen molar-refractivity contribution in [2.45, 2.75) is 77.9 Å². The fraction of sp³-hybridized carbons (Fsp3) is 0.528. The Hall–Kier alpha value is -4.32. The van der Waals surface area contributed by atoms with Crippen LogP contribution in [-0.4, -0.2) is 101 Å². The van der Waals surface area contributed by atoms with E-state index in [0.717, 1.165) is 44.2 Å². The van der Waals surface area contributed by atoms with Crippen LogP contribution in [0.4, 0.5) is 9.18 Å². The molecule has 1 saturated heterocycles. The molecule has 3 heterocycles. The van der Waals surface area contributed by atoms with Gasteiger partial charge < -0.3 is 24.1 Å². The summed E-state index contributed by atoms with van der Waals surface area (Å²) in [6, 6.07) is 8.88. The number of rotatable bonds is 5. The predicted molar refractivity (Wildman–Crippen MR) is 182 cm³/mol. The molecule has 1 aromatic heterocycles. The van der Waals surface area contributed by atoms with Crippen molar-refractivity contribution in [3.8, 4) is 5.75 Å². The molecular formula is C36H48FN5O6. The normalized spacial score (nSPS) is 16.6. The topological polar surface area (TPSA) is 125 Å². The number of piperazine rings is 1. The summed E-state index contributed by atoms with van der Waals surface area (Å²) in [5, 5.41) is 7.85. The van der Waals surface area contributed by atoms with Crippen LogP contribution in [0.25, 0.3) is 10.8 Å². The van der Waals surface area contributed by atoms with Crippen LogP contribution in [-0.2, 0) is 22.4 Å². The number of H-pyrrole nitrogens is 1. The first-order valence-electron chi connectivity index (χ1n) is 16.7. The number of hydrogen-bond donors (Lipinski definition) is 1. The van der Waals surface area contributed by atoms with Gasteiger partial charge in [-0.2, -0.15) is 5.10 Å². The second-order valence-corrected chi connectivity index (χ2v) is 13.2. The second kappa shape index (κ2) is 15.3. The van der Waals surface area contributed by atoms with Crippen molar-refractivity contribution in [3.63, 3.8) is 0 Å². The van der Waals surface area contributed by atoms with Crippen LogP contribution in [0.3, 0.4) is 0 Å². The smallest absolute Gasteiger partial charge is 0.410 e. The highest BCUT2D eigenvalue weighted by Gasteiger charge is 2.44. The second-order valence-electron chi connectivity index (χ2n) is 13.2. The summed E-state index contributed by atoms with van der Waals surface area (Å²) < 4.78 is 26.6. The van der Waals surface area contributed by atoms with E-state index in [1.54, 1.807) is 36.2 Å². The Morgan fingerprint density at radius 1 is 1.12 bits per heavy atom. The largest absolute Gasteiger partial charge is 0.492 e. The zero-order valence-electron chi connectivity index (χ0n) is 29.2. The number of halogens is 1. The predicted octanol–water partition coefficient (Wildman–Crippen LogP) is 4.98. The highest BCUT2D eigenvalue weighted by atomic mass is 19.1. The maximum Gasteiger partial charge on any atom is 0.410 e. The number of benzene rings is 2. The lowest BCUT2D eigenvalue weighted by Gasteiger charge is -2.44.